The van der Waals surface area contributed by atoms with Gasteiger partial charge < -0.3 is 0 Å². The minimum Gasteiger partial charge on any atom is -0.296 e. The van der Waals surface area contributed by atoms with E-state index in [-0.39, 0.29) is 17.2 Å². The van der Waals surface area contributed by atoms with Crippen LogP contribution in [0.15, 0.2) is 24.8 Å². The lowest BCUT2D eigenvalue weighted by Crippen LogP contribution is -2.30. The zero-order chi connectivity index (χ0) is 14.6. The number of aromatic nitrogens is 3. The lowest BCUT2D eigenvalue weighted by Gasteiger charge is -2.23. The van der Waals surface area contributed by atoms with Crippen LogP contribution >= 0.6 is 0 Å². The van der Waals surface area contributed by atoms with Crippen LogP contribution in [0, 0.1) is 11.3 Å². The summed E-state index contributed by atoms with van der Waals surface area (Å²) in [6.07, 6.45) is 13.8. The molecule has 0 bridgehead atoms. The third-order valence-electron chi connectivity index (χ3n) is 3.94. The van der Waals surface area contributed by atoms with Gasteiger partial charge in [-0.3, -0.25) is 4.79 Å². The van der Waals surface area contributed by atoms with Gasteiger partial charge in [-0.1, -0.05) is 52.2 Å². The van der Waals surface area contributed by atoms with Gasteiger partial charge in [-0.15, -0.1) is 0 Å². The second kappa shape index (κ2) is 6.33. The number of nitrogens with zero attached hydrogens (tertiary/aromatic N) is 3. The molecule has 0 amide bonds. The molecule has 0 aromatic carbocycles. The van der Waals surface area contributed by atoms with Crippen LogP contribution in [0.5, 0.6) is 0 Å². The lowest BCUT2D eigenvalue weighted by atomic mass is 9.84. The lowest BCUT2D eigenvalue weighted by molar-refractivity contribution is -0.128. The molecule has 2 rings (SSSR count). The molecule has 20 heavy (non-hydrogen) atoms. The maximum absolute atomic E-state index is 12.6. The first-order valence-corrected chi connectivity index (χ1v) is 7.55. The molecule has 4 nitrogen and oxygen atoms in total. The molecule has 1 atom stereocenters. The van der Waals surface area contributed by atoms with Crippen LogP contribution in [0.3, 0.4) is 0 Å². The van der Waals surface area contributed by atoms with Crippen molar-refractivity contribution >= 4 is 5.78 Å². The molecule has 4 heteroatoms. The fourth-order valence-corrected chi connectivity index (χ4v) is 2.69. The van der Waals surface area contributed by atoms with Crippen molar-refractivity contribution in [1.29, 1.82) is 0 Å². The predicted octanol–water partition coefficient (Wildman–Crippen LogP) is 3.57. The number of hydrogen-bond donors (Lipinski definition) is 0. The van der Waals surface area contributed by atoms with Crippen molar-refractivity contribution in [2.75, 3.05) is 0 Å². The number of ketones is 1. The first-order chi connectivity index (χ1) is 9.48. The van der Waals surface area contributed by atoms with Gasteiger partial charge in [0.2, 0.25) is 0 Å². The van der Waals surface area contributed by atoms with Crippen LogP contribution in [0.25, 0.3) is 0 Å². The summed E-state index contributed by atoms with van der Waals surface area (Å²) in [7, 11) is 0. The molecule has 1 aromatic heterocycles. The summed E-state index contributed by atoms with van der Waals surface area (Å²) in [5.41, 5.74) is -0.381. The summed E-state index contributed by atoms with van der Waals surface area (Å²) in [4.78, 5) is 16.6. The maximum atomic E-state index is 12.6. The standard InChI is InChI=1S/C16H25N3O/c1-16(2,3)15(20)14(19-12-17-11-18-19)10-9-13-7-5-4-6-8-13/h9-14H,4-8H2,1-3H3. The van der Waals surface area contributed by atoms with Crippen LogP contribution in [-0.2, 0) is 4.79 Å². The van der Waals surface area contributed by atoms with E-state index in [1.54, 1.807) is 11.0 Å². The third kappa shape index (κ3) is 3.78. The van der Waals surface area contributed by atoms with Crippen molar-refractivity contribution < 1.29 is 4.79 Å². The highest BCUT2D eigenvalue weighted by molar-refractivity contribution is 5.88. The Balaban J connectivity index is 2.15. The van der Waals surface area contributed by atoms with Crippen LogP contribution in [0.2, 0.25) is 0 Å². The highest BCUT2D eigenvalue weighted by Crippen LogP contribution is 2.28. The average Bonchev–Trinajstić information content (AvgIpc) is 2.93. The van der Waals surface area contributed by atoms with E-state index in [2.05, 4.69) is 16.2 Å². The third-order valence-corrected chi connectivity index (χ3v) is 3.94. The number of carbonyl (C=O) groups excluding carboxylic acids is 1. The molecule has 1 unspecified atom stereocenters. The van der Waals surface area contributed by atoms with E-state index >= 15 is 0 Å². The van der Waals surface area contributed by atoms with Gasteiger partial charge >= 0.3 is 0 Å². The van der Waals surface area contributed by atoms with Gasteiger partial charge in [0.15, 0.2) is 5.78 Å². The Labute approximate surface area is 121 Å². The molecule has 110 valence electrons. The minimum atomic E-state index is -0.381. The largest absolute Gasteiger partial charge is 0.296 e. The zero-order valence-corrected chi connectivity index (χ0v) is 12.7. The molecule has 0 radical (unpaired) electrons. The first-order valence-electron chi connectivity index (χ1n) is 7.55. The Hall–Kier alpha value is -1.45. The van der Waals surface area contributed by atoms with Gasteiger partial charge in [0.25, 0.3) is 0 Å². The van der Waals surface area contributed by atoms with E-state index in [4.69, 9.17) is 0 Å². The molecule has 1 heterocycles. The fourth-order valence-electron chi connectivity index (χ4n) is 2.69. The monoisotopic (exact) mass is 275 g/mol. The Bertz CT molecular complexity index is 451. The smallest absolute Gasteiger partial charge is 0.166 e. The van der Waals surface area contributed by atoms with Gasteiger partial charge in [-0.05, 0) is 18.8 Å². The number of Topliss-reactive ketones (excluding diaryl/α,β-unsaturated/α-hetero) is 1. The average molecular weight is 275 g/mol. The highest BCUT2D eigenvalue weighted by atomic mass is 16.1. The normalized spacial score (nSPS) is 19.4. The summed E-state index contributed by atoms with van der Waals surface area (Å²) in [5.74, 6) is 0.789. The first kappa shape index (κ1) is 14.9. The summed E-state index contributed by atoms with van der Waals surface area (Å²) in [6, 6.07) is -0.334. The quantitative estimate of drug-likeness (QED) is 0.789. The summed E-state index contributed by atoms with van der Waals surface area (Å²) < 4.78 is 1.66. The second-order valence-corrected chi connectivity index (χ2v) is 6.72. The summed E-state index contributed by atoms with van der Waals surface area (Å²) in [5, 5.41) is 4.15. The van der Waals surface area contributed by atoms with Gasteiger partial charge in [-0.25, -0.2) is 9.67 Å². The molecule has 0 saturated heterocycles. The predicted molar refractivity (Wildman–Crippen MR) is 79.2 cm³/mol. The molecule has 0 aliphatic heterocycles. The molecule has 0 spiro atoms. The Morgan fingerprint density at radius 3 is 2.55 bits per heavy atom. The highest BCUT2D eigenvalue weighted by Gasteiger charge is 2.29. The Morgan fingerprint density at radius 2 is 2.00 bits per heavy atom. The van der Waals surface area contributed by atoms with Crippen molar-refractivity contribution in [3.05, 3.63) is 24.8 Å². The molecular weight excluding hydrogens is 250 g/mol. The van der Waals surface area contributed by atoms with Crippen molar-refractivity contribution in [3.63, 3.8) is 0 Å². The van der Waals surface area contributed by atoms with Crippen molar-refractivity contribution in [1.82, 2.24) is 14.8 Å². The van der Waals surface area contributed by atoms with Gasteiger partial charge in [-0.2, -0.15) is 5.10 Å². The molecule has 1 aliphatic carbocycles. The Kier molecular flexibility index (Phi) is 4.73. The van der Waals surface area contributed by atoms with Crippen LogP contribution < -0.4 is 0 Å². The van der Waals surface area contributed by atoms with Crippen LogP contribution in [-0.4, -0.2) is 20.5 Å². The van der Waals surface area contributed by atoms with Gasteiger partial charge in [0.1, 0.15) is 18.7 Å². The molecule has 1 aliphatic rings. The number of rotatable bonds is 4. The number of allylic oxidation sites excluding steroid dienone is 2. The zero-order valence-electron chi connectivity index (χ0n) is 12.7. The van der Waals surface area contributed by atoms with Crippen LogP contribution in [0.4, 0.5) is 0 Å². The molecule has 1 aromatic rings. The number of carbonyl (C=O) groups is 1. The minimum absolute atomic E-state index is 0.176. The molecular formula is C16H25N3O. The van der Waals surface area contributed by atoms with E-state index < -0.39 is 0 Å². The SMILES string of the molecule is CC(C)(C)C(=O)C(C=CC1CCCCC1)n1cncn1. The van der Waals surface area contributed by atoms with Gasteiger partial charge in [0.05, 0.1) is 0 Å². The van der Waals surface area contributed by atoms with Crippen LogP contribution in [0.1, 0.15) is 58.9 Å². The van der Waals surface area contributed by atoms with Crippen molar-refractivity contribution in [3.8, 4) is 0 Å². The topological polar surface area (TPSA) is 47.8 Å². The van der Waals surface area contributed by atoms with Gasteiger partial charge in [0, 0.05) is 5.41 Å². The maximum Gasteiger partial charge on any atom is 0.166 e. The molecule has 1 saturated carbocycles. The van der Waals surface area contributed by atoms with Crippen molar-refractivity contribution in [2.24, 2.45) is 11.3 Å². The van der Waals surface area contributed by atoms with E-state index in [1.807, 2.05) is 26.8 Å². The second-order valence-electron chi connectivity index (χ2n) is 6.72. The van der Waals surface area contributed by atoms with E-state index in [1.165, 1.54) is 38.4 Å². The molecule has 0 N–H and O–H groups in total. The van der Waals surface area contributed by atoms with Crippen molar-refractivity contribution in [2.45, 2.75) is 58.9 Å². The van der Waals surface area contributed by atoms with E-state index in [0.29, 0.717) is 5.92 Å². The Morgan fingerprint density at radius 1 is 1.30 bits per heavy atom. The van der Waals surface area contributed by atoms with E-state index in [9.17, 15) is 4.79 Å². The fraction of sp³-hybridized carbons (Fsp3) is 0.688. The summed E-state index contributed by atoms with van der Waals surface area (Å²) >= 11 is 0. The number of hydrogen-bond acceptors (Lipinski definition) is 3. The summed E-state index contributed by atoms with van der Waals surface area (Å²) in [6.45, 7) is 5.86. The van der Waals surface area contributed by atoms with E-state index in [0.717, 1.165) is 0 Å². The molecule has 1 fully saturated rings.